The van der Waals surface area contributed by atoms with E-state index < -0.39 is 0 Å². The number of anilines is 2. The van der Waals surface area contributed by atoms with Crippen LogP contribution in [0.2, 0.25) is 0 Å². The van der Waals surface area contributed by atoms with Gasteiger partial charge in [-0.05, 0) is 43.4 Å². The lowest BCUT2D eigenvalue weighted by Crippen LogP contribution is -2.36. The van der Waals surface area contributed by atoms with Gasteiger partial charge in [0.2, 0.25) is 5.95 Å². The predicted molar refractivity (Wildman–Crippen MR) is 134 cm³/mol. The summed E-state index contributed by atoms with van der Waals surface area (Å²) in [4.78, 5) is 9.95. The number of fused-ring (bicyclic) bond motifs is 1. The van der Waals surface area contributed by atoms with E-state index in [-0.39, 0.29) is 11.6 Å². The lowest BCUT2D eigenvalue weighted by Gasteiger charge is -2.31. The van der Waals surface area contributed by atoms with Crippen molar-refractivity contribution in [3.8, 4) is 0 Å². The molecule has 174 valence electrons. The maximum Gasteiger partial charge on any atom is 0.225 e. The van der Waals surface area contributed by atoms with E-state index in [1.807, 2.05) is 0 Å². The van der Waals surface area contributed by atoms with Crippen LogP contribution in [0.1, 0.15) is 64.9 Å². The molecular weight excluding hydrogens is 398 g/mol. The highest BCUT2D eigenvalue weighted by Crippen LogP contribution is 2.33. The number of nitrogens with zero attached hydrogens (tertiary/aromatic N) is 2. The van der Waals surface area contributed by atoms with Gasteiger partial charge in [0.15, 0.2) is 0 Å². The first-order valence-electron chi connectivity index (χ1n) is 12.2. The van der Waals surface area contributed by atoms with Crippen molar-refractivity contribution in [1.29, 1.82) is 0 Å². The summed E-state index contributed by atoms with van der Waals surface area (Å²) in [5.41, 5.74) is 3.50. The second-order valence-corrected chi connectivity index (χ2v) is 10.3. The molecule has 1 fully saturated rings. The molecular formula is C26H39N5O. The second-order valence-electron chi connectivity index (χ2n) is 10.3. The van der Waals surface area contributed by atoms with E-state index in [4.69, 9.17) is 14.7 Å². The molecule has 0 radical (unpaired) electrons. The van der Waals surface area contributed by atoms with Crippen molar-refractivity contribution in [2.45, 2.75) is 65.5 Å². The predicted octanol–water partition coefficient (Wildman–Crippen LogP) is 5.43. The van der Waals surface area contributed by atoms with Gasteiger partial charge in [0.05, 0.1) is 5.52 Å². The van der Waals surface area contributed by atoms with Gasteiger partial charge in [-0.25, -0.2) is 4.98 Å². The molecule has 1 saturated carbocycles. The largest absolute Gasteiger partial charge is 0.361 e. The first-order chi connectivity index (χ1) is 15.5. The molecule has 1 aliphatic heterocycles. The number of methoxy groups -OCH3 is 1. The number of benzene rings is 1. The zero-order chi connectivity index (χ0) is 22.6. The first-order valence-corrected chi connectivity index (χ1v) is 12.2. The van der Waals surface area contributed by atoms with E-state index in [2.05, 4.69) is 61.0 Å². The Hall–Kier alpha value is -2.18. The highest BCUT2D eigenvalue weighted by molar-refractivity contribution is 5.97. The van der Waals surface area contributed by atoms with Crippen LogP contribution in [0.5, 0.6) is 0 Å². The van der Waals surface area contributed by atoms with Crippen LogP contribution in [0.4, 0.5) is 11.8 Å². The summed E-state index contributed by atoms with van der Waals surface area (Å²) in [6, 6.07) is 6.42. The van der Waals surface area contributed by atoms with Crippen molar-refractivity contribution < 1.29 is 4.74 Å². The third-order valence-corrected chi connectivity index (χ3v) is 6.70. The van der Waals surface area contributed by atoms with Crippen molar-refractivity contribution in [2.24, 2.45) is 11.3 Å². The molecule has 6 heteroatoms. The molecule has 6 nitrogen and oxygen atoms in total. The van der Waals surface area contributed by atoms with E-state index in [1.165, 1.54) is 43.2 Å². The first kappa shape index (κ1) is 23.0. The lowest BCUT2D eigenvalue weighted by molar-refractivity contribution is 0.0383. The number of rotatable bonds is 7. The molecule has 0 amide bonds. The summed E-state index contributed by atoms with van der Waals surface area (Å²) in [7, 11) is 1.75. The topological polar surface area (TPSA) is 71.1 Å². The molecule has 1 atom stereocenters. The smallest absolute Gasteiger partial charge is 0.225 e. The van der Waals surface area contributed by atoms with Crippen LogP contribution in [-0.4, -0.2) is 42.9 Å². The fraction of sp³-hybridized carbons (Fsp3) is 0.615. The summed E-state index contributed by atoms with van der Waals surface area (Å²) >= 11 is 0. The zero-order valence-electron chi connectivity index (χ0n) is 20.1. The Kier molecular flexibility index (Phi) is 7.31. The highest BCUT2D eigenvalue weighted by atomic mass is 16.5. The second kappa shape index (κ2) is 10.2. The van der Waals surface area contributed by atoms with Gasteiger partial charge in [0, 0.05) is 36.6 Å². The summed E-state index contributed by atoms with van der Waals surface area (Å²) < 4.78 is 5.80. The molecule has 32 heavy (non-hydrogen) atoms. The quantitative estimate of drug-likeness (QED) is 0.502. The Morgan fingerprint density at radius 2 is 1.97 bits per heavy atom. The number of aromatic nitrogens is 2. The normalized spacial score (nSPS) is 18.9. The van der Waals surface area contributed by atoms with Gasteiger partial charge in [-0.1, -0.05) is 58.2 Å². The van der Waals surface area contributed by atoms with E-state index >= 15 is 0 Å². The minimum atomic E-state index is -0.159. The number of hydrogen-bond acceptors (Lipinski definition) is 6. The standard InChI is InChI=1S/C26H39N5O/c1-26(2,3)24(32-4)30-23-21-12-8-11-20(19-13-15-27-16-14-19)22(21)29-25(31-23)28-17-18-9-6-5-7-10-18/h8,11-13,18,24,27H,5-7,9-10,14-17H2,1-4H3,(H2,28,29,30,31)/t24-/m1/s1. The van der Waals surface area contributed by atoms with Crippen molar-refractivity contribution in [1.82, 2.24) is 15.3 Å². The summed E-state index contributed by atoms with van der Waals surface area (Å²) in [5.74, 6) is 2.25. The molecule has 2 heterocycles. The maximum absolute atomic E-state index is 5.80. The van der Waals surface area contributed by atoms with Crippen LogP contribution in [-0.2, 0) is 4.74 Å². The van der Waals surface area contributed by atoms with Crippen LogP contribution in [0, 0.1) is 11.3 Å². The number of para-hydroxylation sites is 1. The minimum absolute atomic E-state index is 0.0725. The summed E-state index contributed by atoms with van der Waals surface area (Å²) in [5, 5.41) is 11.6. The molecule has 2 aromatic rings. The van der Waals surface area contributed by atoms with E-state index in [1.54, 1.807) is 7.11 Å². The van der Waals surface area contributed by atoms with Crippen LogP contribution in [0.3, 0.4) is 0 Å². The van der Waals surface area contributed by atoms with Gasteiger partial charge in [0.25, 0.3) is 0 Å². The monoisotopic (exact) mass is 437 g/mol. The molecule has 2 aliphatic rings. The molecule has 0 saturated heterocycles. The molecule has 3 N–H and O–H groups in total. The molecule has 0 unspecified atom stereocenters. The van der Waals surface area contributed by atoms with Gasteiger partial charge < -0.3 is 20.7 Å². The van der Waals surface area contributed by atoms with Gasteiger partial charge >= 0.3 is 0 Å². The average Bonchev–Trinajstić information content (AvgIpc) is 2.81. The Morgan fingerprint density at radius 3 is 2.66 bits per heavy atom. The zero-order valence-corrected chi connectivity index (χ0v) is 20.1. The molecule has 0 bridgehead atoms. The minimum Gasteiger partial charge on any atom is -0.361 e. The third-order valence-electron chi connectivity index (χ3n) is 6.70. The molecule has 1 aromatic heterocycles. The Morgan fingerprint density at radius 1 is 1.16 bits per heavy atom. The van der Waals surface area contributed by atoms with Crippen molar-refractivity contribution in [3.63, 3.8) is 0 Å². The number of nitrogens with one attached hydrogen (secondary N) is 3. The SMILES string of the molecule is CO[C@@H](Nc1nc(NCC2CCCCC2)nc2c(C3=CCNCC3)cccc12)C(C)(C)C. The van der Waals surface area contributed by atoms with Gasteiger partial charge in [0.1, 0.15) is 12.0 Å². The van der Waals surface area contributed by atoms with Gasteiger partial charge in [-0.3, -0.25) is 0 Å². The Bertz CT molecular complexity index is 943. The Balaban J connectivity index is 1.72. The average molecular weight is 438 g/mol. The van der Waals surface area contributed by atoms with E-state index in [0.29, 0.717) is 11.9 Å². The van der Waals surface area contributed by atoms with Crippen LogP contribution in [0.15, 0.2) is 24.3 Å². The van der Waals surface area contributed by atoms with Gasteiger partial charge in [-0.15, -0.1) is 0 Å². The van der Waals surface area contributed by atoms with Crippen molar-refractivity contribution >= 4 is 28.2 Å². The molecule has 1 aromatic carbocycles. The van der Waals surface area contributed by atoms with Crippen LogP contribution < -0.4 is 16.0 Å². The lowest BCUT2D eigenvalue weighted by atomic mass is 9.89. The molecule has 4 rings (SSSR count). The van der Waals surface area contributed by atoms with Crippen molar-refractivity contribution in [2.75, 3.05) is 37.4 Å². The fourth-order valence-electron chi connectivity index (χ4n) is 4.85. The van der Waals surface area contributed by atoms with E-state index in [0.717, 1.165) is 42.8 Å². The van der Waals surface area contributed by atoms with Crippen molar-refractivity contribution in [3.05, 3.63) is 29.8 Å². The number of hydrogen-bond donors (Lipinski definition) is 3. The van der Waals surface area contributed by atoms with Gasteiger partial charge in [-0.2, -0.15) is 4.98 Å². The molecule has 1 aliphatic carbocycles. The summed E-state index contributed by atoms with van der Waals surface area (Å²) in [6.45, 7) is 9.36. The molecule has 0 spiro atoms. The van der Waals surface area contributed by atoms with E-state index in [9.17, 15) is 0 Å². The van der Waals surface area contributed by atoms with Crippen LogP contribution in [0.25, 0.3) is 16.5 Å². The third kappa shape index (κ3) is 5.41. The fourth-order valence-corrected chi connectivity index (χ4v) is 4.85. The van der Waals surface area contributed by atoms with Crippen LogP contribution >= 0.6 is 0 Å². The summed E-state index contributed by atoms with van der Waals surface area (Å²) in [6.07, 6.45) is 9.79. The Labute approximate surface area is 192 Å². The maximum atomic E-state index is 5.80. The number of ether oxygens (including phenoxy) is 1. The highest BCUT2D eigenvalue weighted by Gasteiger charge is 2.26.